The number of hydrogen-bond donors (Lipinski definition) is 2. The lowest BCUT2D eigenvalue weighted by atomic mass is 10.2. The summed E-state index contributed by atoms with van der Waals surface area (Å²) in [4.78, 5) is 14.8. The number of carbonyl (C=O) groups is 1. The van der Waals surface area contributed by atoms with E-state index in [-0.39, 0.29) is 5.69 Å². The fourth-order valence-electron chi connectivity index (χ4n) is 1.59. The number of carboxylic acid groups (broad SMARTS) is 1. The van der Waals surface area contributed by atoms with E-state index < -0.39 is 5.97 Å². The van der Waals surface area contributed by atoms with Crippen molar-refractivity contribution in [1.29, 1.82) is 0 Å². The van der Waals surface area contributed by atoms with Crippen LogP contribution in [0.3, 0.4) is 0 Å². The number of aromatic carboxylic acids is 1. The van der Waals surface area contributed by atoms with Gasteiger partial charge in [0.05, 0.1) is 7.11 Å². The first kappa shape index (κ1) is 12.9. The SMILES string of the molecule is COc1ccc(CNc2cccc(C(=O)O)n2)cc1. The first-order chi connectivity index (χ1) is 9.19. The third-order valence-electron chi connectivity index (χ3n) is 2.60. The number of nitrogens with zero attached hydrogens (tertiary/aromatic N) is 1. The number of benzene rings is 1. The molecule has 2 aromatic rings. The summed E-state index contributed by atoms with van der Waals surface area (Å²) in [6.45, 7) is 0.570. The molecule has 0 aliphatic heterocycles. The molecule has 2 rings (SSSR count). The summed E-state index contributed by atoms with van der Waals surface area (Å²) < 4.78 is 5.08. The molecular weight excluding hydrogens is 244 g/mol. The Bertz CT molecular complexity index is 567. The minimum absolute atomic E-state index is 0.0275. The van der Waals surface area contributed by atoms with Crippen molar-refractivity contribution in [3.8, 4) is 5.75 Å². The van der Waals surface area contributed by atoms with Gasteiger partial charge < -0.3 is 15.2 Å². The van der Waals surface area contributed by atoms with Gasteiger partial charge in [-0.3, -0.25) is 0 Å². The Labute approximate surface area is 110 Å². The molecule has 0 aliphatic carbocycles. The lowest BCUT2D eigenvalue weighted by molar-refractivity contribution is 0.0690. The van der Waals surface area contributed by atoms with Gasteiger partial charge in [-0.25, -0.2) is 9.78 Å². The van der Waals surface area contributed by atoms with E-state index >= 15 is 0 Å². The van der Waals surface area contributed by atoms with Crippen molar-refractivity contribution in [2.24, 2.45) is 0 Å². The molecule has 1 heterocycles. The largest absolute Gasteiger partial charge is 0.497 e. The van der Waals surface area contributed by atoms with Gasteiger partial charge in [-0.15, -0.1) is 0 Å². The quantitative estimate of drug-likeness (QED) is 0.861. The maximum atomic E-state index is 10.8. The number of methoxy groups -OCH3 is 1. The molecule has 5 heteroatoms. The van der Waals surface area contributed by atoms with E-state index in [9.17, 15) is 4.79 Å². The van der Waals surface area contributed by atoms with Crippen molar-refractivity contribution in [2.75, 3.05) is 12.4 Å². The number of anilines is 1. The number of hydrogen-bond acceptors (Lipinski definition) is 4. The molecule has 5 nitrogen and oxygen atoms in total. The Morgan fingerprint density at radius 2 is 2.00 bits per heavy atom. The molecule has 19 heavy (non-hydrogen) atoms. The second-order valence-electron chi connectivity index (χ2n) is 3.91. The Hall–Kier alpha value is -2.56. The first-order valence-electron chi connectivity index (χ1n) is 5.76. The van der Waals surface area contributed by atoms with Crippen LogP contribution < -0.4 is 10.1 Å². The molecule has 0 spiro atoms. The van der Waals surface area contributed by atoms with Crippen molar-refractivity contribution in [2.45, 2.75) is 6.54 Å². The van der Waals surface area contributed by atoms with Crippen LogP contribution in [0.2, 0.25) is 0 Å². The Balaban J connectivity index is 2.01. The van der Waals surface area contributed by atoms with Gasteiger partial charge in [0.15, 0.2) is 5.69 Å². The van der Waals surface area contributed by atoms with Crippen LogP contribution in [0.4, 0.5) is 5.82 Å². The minimum Gasteiger partial charge on any atom is -0.497 e. The van der Waals surface area contributed by atoms with Crippen molar-refractivity contribution in [3.63, 3.8) is 0 Å². The highest BCUT2D eigenvalue weighted by molar-refractivity contribution is 5.85. The topological polar surface area (TPSA) is 71.5 Å². The molecule has 0 radical (unpaired) electrons. The van der Waals surface area contributed by atoms with Gasteiger partial charge in [0.25, 0.3) is 0 Å². The molecule has 2 N–H and O–H groups in total. The van der Waals surface area contributed by atoms with Crippen LogP contribution in [0.1, 0.15) is 16.1 Å². The van der Waals surface area contributed by atoms with Gasteiger partial charge in [-0.2, -0.15) is 0 Å². The molecule has 1 aromatic heterocycles. The van der Waals surface area contributed by atoms with Gasteiger partial charge >= 0.3 is 5.97 Å². The number of ether oxygens (including phenoxy) is 1. The summed E-state index contributed by atoms with van der Waals surface area (Å²) in [5, 5.41) is 11.9. The Morgan fingerprint density at radius 3 is 2.63 bits per heavy atom. The van der Waals surface area contributed by atoms with Crippen molar-refractivity contribution >= 4 is 11.8 Å². The second kappa shape index (κ2) is 5.86. The fourth-order valence-corrected chi connectivity index (χ4v) is 1.59. The number of rotatable bonds is 5. The van der Waals surface area contributed by atoms with E-state index in [0.29, 0.717) is 12.4 Å². The average molecular weight is 258 g/mol. The van der Waals surface area contributed by atoms with Gasteiger partial charge in [-0.1, -0.05) is 18.2 Å². The third-order valence-corrected chi connectivity index (χ3v) is 2.60. The van der Waals surface area contributed by atoms with Crippen LogP contribution >= 0.6 is 0 Å². The zero-order valence-corrected chi connectivity index (χ0v) is 10.5. The highest BCUT2D eigenvalue weighted by Gasteiger charge is 2.04. The third kappa shape index (κ3) is 3.45. The molecule has 0 saturated heterocycles. The molecule has 0 bridgehead atoms. The van der Waals surface area contributed by atoms with Gasteiger partial charge in [0.1, 0.15) is 11.6 Å². The number of carboxylic acids is 1. The second-order valence-corrected chi connectivity index (χ2v) is 3.91. The molecule has 0 amide bonds. The molecule has 0 saturated carbocycles. The summed E-state index contributed by atoms with van der Waals surface area (Å²) in [7, 11) is 1.62. The lowest BCUT2D eigenvalue weighted by Gasteiger charge is -2.07. The molecule has 0 fully saturated rings. The molecular formula is C14H14N2O3. The molecule has 0 unspecified atom stereocenters. The zero-order valence-electron chi connectivity index (χ0n) is 10.5. The normalized spacial score (nSPS) is 9.95. The number of aromatic nitrogens is 1. The highest BCUT2D eigenvalue weighted by Crippen LogP contribution is 2.13. The number of pyridine rings is 1. The maximum Gasteiger partial charge on any atom is 0.354 e. The van der Waals surface area contributed by atoms with Crippen LogP contribution in [0, 0.1) is 0 Å². The standard InChI is InChI=1S/C14H14N2O3/c1-19-11-7-5-10(6-8-11)9-15-13-4-2-3-12(16-13)14(17)18/h2-8H,9H2,1H3,(H,15,16)(H,17,18). The summed E-state index contributed by atoms with van der Waals surface area (Å²) in [6.07, 6.45) is 0. The Kier molecular flexibility index (Phi) is 3.97. The molecule has 98 valence electrons. The van der Waals surface area contributed by atoms with Crippen LogP contribution in [-0.2, 0) is 6.54 Å². The van der Waals surface area contributed by atoms with Crippen molar-refractivity contribution in [1.82, 2.24) is 4.98 Å². The zero-order chi connectivity index (χ0) is 13.7. The average Bonchev–Trinajstić information content (AvgIpc) is 2.46. The summed E-state index contributed by atoms with van der Waals surface area (Å²) >= 11 is 0. The summed E-state index contributed by atoms with van der Waals surface area (Å²) in [5.74, 6) is 0.304. The van der Waals surface area contributed by atoms with Crippen LogP contribution in [0.15, 0.2) is 42.5 Å². The first-order valence-corrected chi connectivity index (χ1v) is 5.76. The van der Waals surface area contributed by atoms with E-state index in [0.717, 1.165) is 11.3 Å². The predicted octanol–water partition coefficient (Wildman–Crippen LogP) is 2.40. The highest BCUT2D eigenvalue weighted by atomic mass is 16.5. The lowest BCUT2D eigenvalue weighted by Crippen LogP contribution is -2.05. The Morgan fingerprint density at radius 1 is 1.26 bits per heavy atom. The predicted molar refractivity (Wildman–Crippen MR) is 71.5 cm³/mol. The van der Waals surface area contributed by atoms with E-state index in [4.69, 9.17) is 9.84 Å². The summed E-state index contributed by atoms with van der Waals surface area (Å²) in [6, 6.07) is 12.5. The molecule has 0 aliphatic rings. The number of nitrogens with one attached hydrogen (secondary N) is 1. The summed E-state index contributed by atoms with van der Waals surface area (Å²) in [5.41, 5.74) is 1.09. The minimum atomic E-state index is -1.03. The molecule has 1 aromatic carbocycles. The van der Waals surface area contributed by atoms with Crippen molar-refractivity contribution < 1.29 is 14.6 Å². The van der Waals surface area contributed by atoms with Crippen LogP contribution in [0.5, 0.6) is 5.75 Å². The van der Waals surface area contributed by atoms with Crippen LogP contribution in [0.25, 0.3) is 0 Å². The maximum absolute atomic E-state index is 10.8. The monoisotopic (exact) mass is 258 g/mol. The van der Waals surface area contributed by atoms with Crippen LogP contribution in [-0.4, -0.2) is 23.2 Å². The fraction of sp³-hybridized carbons (Fsp3) is 0.143. The van der Waals surface area contributed by atoms with Gasteiger partial charge in [-0.05, 0) is 29.8 Å². The van der Waals surface area contributed by atoms with E-state index in [1.807, 2.05) is 24.3 Å². The smallest absolute Gasteiger partial charge is 0.354 e. The van der Waals surface area contributed by atoms with Gasteiger partial charge in [0, 0.05) is 6.54 Å². The van der Waals surface area contributed by atoms with E-state index in [1.165, 1.54) is 6.07 Å². The van der Waals surface area contributed by atoms with Crippen molar-refractivity contribution in [3.05, 3.63) is 53.7 Å². The van der Waals surface area contributed by atoms with Gasteiger partial charge in [0.2, 0.25) is 0 Å². The van der Waals surface area contributed by atoms with E-state index in [1.54, 1.807) is 19.2 Å². The molecule has 0 atom stereocenters. The van der Waals surface area contributed by atoms with E-state index in [2.05, 4.69) is 10.3 Å².